The zero-order valence-electron chi connectivity index (χ0n) is 16.6. The second-order valence-corrected chi connectivity index (χ2v) is 10.8. The molecular weight excluding hydrogens is 457 g/mol. The predicted molar refractivity (Wildman–Crippen MR) is 122 cm³/mol. The molecule has 0 N–H and O–H groups in total. The molecule has 162 valence electrons. The Hall–Kier alpha value is -2.28. The molecule has 0 saturated carbocycles. The Labute approximate surface area is 191 Å². The quantitative estimate of drug-likeness (QED) is 0.500. The number of halogens is 2. The molecule has 1 fully saturated rings. The SMILES string of the molecule is O=C(Cc1ccc(Cl)cc1)N(Cc1ccc(-c2cccc(Cl)c2)o1)[C@@H]1CCS(=O)(=O)C1. The standard InChI is InChI=1S/C23H21Cl2NO4S/c24-18-6-4-16(5-7-18)12-23(27)26(20-10-11-31(28,29)15-20)14-21-8-9-22(30-21)17-2-1-3-19(25)13-17/h1-9,13,20H,10-12,14-15H2/t20-/m1/s1. The summed E-state index contributed by atoms with van der Waals surface area (Å²) < 4.78 is 30.1. The topological polar surface area (TPSA) is 67.6 Å². The van der Waals surface area contributed by atoms with Crippen molar-refractivity contribution < 1.29 is 17.6 Å². The van der Waals surface area contributed by atoms with Gasteiger partial charge in [0.2, 0.25) is 5.91 Å². The summed E-state index contributed by atoms with van der Waals surface area (Å²) in [5.41, 5.74) is 1.65. The zero-order chi connectivity index (χ0) is 22.0. The minimum absolute atomic E-state index is 0.0266. The van der Waals surface area contributed by atoms with Crippen molar-refractivity contribution >= 4 is 38.9 Å². The molecule has 0 aliphatic carbocycles. The number of sulfone groups is 1. The van der Waals surface area contributed by atoms with Crippen LogP contribution in [0.25, 0.3) is 11.3 Å². The normalized spacial score (nSPS) is 17.5. The summed E-state index contributed by atoms with van der Waals surface area (Å²) in [6.45, 7) is 0.202. The van der Waals surface area contributed by atoms with Gasteiger partial charge < -0.3 is 9.32 Å². The van der Waals surface area contributed by atoms with E-state index in [1.807, 2.05) is 24.3 Å². The maximum absolute atomic E-state index is 13.2. The molecule has 0 bridgehead atoms. The van der Waals surface area contributed by atoms with Crippen LogP contribution in [-0.4, -0.2) is 36.8 Å². The van der Waals surface area contributed by atoms with Gasteiger partial charge in [-0.3, -0.25) is 4.79 Å². The van der Waals surface area contributed by atoms with E-state index >= 15 is 0 Å². The monoisotopic (exact) mass is 477 g/mol. The molecule has 2 aromatic carbocycles. The molecule has 0 radical (unpaired) electrons. The molecular formula is C23H21Cl2NO4S. The molecule has 0 unspecified atom stereocenters. The minimum Gasteiger partial charge on any atom is -0.459 e. The third-order valence-corrected chi connectivity index (χ3v) is 7.57. The van der Waals surface area contributed by atoms with E-state index in [4.69, 9.17) is 27.6 Å². The molecule has 1 amide bonds. The zero-order valence-corrected chi connectivity index (χ0v) is 19.0. The van der Waals surface area contributed by atoms with Gasteiger partial charge in [0.1, 0.15) is 11.5 Å². The lowest BCUT2D eigenvalue weighted by atomic mass is 10.1. The number of benzene rings is 2. The van der Waals surface area contributed by atoms with Gasteiger partial charge in [0.15, 0.2) is 9.84 Å². The van der Waals surface area contributed by atoms with Crippen molar-refractivity contribution in [2.45, 2.75) is 25.4 Å². The van der Waals surface area contributed by atoms with Crippen LogP contribution in [0.2, 0.25) is 10.0 Å². The summed E-state index contributed by atoms with van der Waals surface area (Å²) in [6, 6.07) is 17.6. The smallest absolute Gasteiger partial charge is 0.227 e. The van der Waals surface area contributed by atoms with Gasteiger partial charge in [0.25, 0.3) is 0 Å². The summed E-state index contributed by atoms with van der Waals surface area (Å²) >= 11 is 12.0. The lowest BCUT2D eigenvalue weighted by Gasteiger charge is -2.27. The molecule has 1 aliphatic rings. The molecule has 0 spiro atoms. The first-order valence-corrected chi connectivity index (χ1v) is 12.5. The van der Waals surface area contributed by atoms with E-state index in [0.717, 1.165) is 11.1 Å². The number of nitrogens with zero attached hydrogens (tertiary/aromatic N) is 1. The van der Waals surface area contributed by atoms with Gasteiger partial charge >= 0.3 is 0 Å². The fourth-order valence-electron chi connectivity index (χ4n) is 3.75. The fraction of sp³-hybridized carbons (Fsp3) is 0.261. The molecule has 4 rings (SSSR count). The minimum atomic E-state index is -3.14. The van der Waals surface area contributed by atoms with Crippen molar-refractivity contribution in [3.63, 3.8) is 0 Å². The van der Waals surface area contributed by atoms with E-state index in [2.05, 4.69) is 0 Å². The van der Waals surface area contributed by atoms with E-state index < -0.39 is 9.84 Å². The predicted octanol–water partition coefficient (Wildman–Crippen LogP) is 5.01. The van der Waals surface area contributed by atoms with E-state index in [0.29, 0.717) is 28.0 Å². The molecule has 1 saturated heterocycles. The van der Waals surface area contributed by atoms with Crippen molar-refractivity contribution in [2.24, 2.45) is 0 Å². The van der Waals surface area contributed by atoms with E-state index in [9.17, 15) is 13.2 Å². The number of amides is 1. The third kappa shape index (κ3) is 5.50. The highest BCUT2D eigenvalue weighted by atomic mass is 35.5. The van der Waals surface area contributed by atoms with Gasteiger partial charge in [0, 0.05) is 21.7 Å². The van der Waals surface area contributed by atoms with Gasteiger partial charge in [-0.15, -0.1) is 0 Å². The van der Waals surface area contributed by atoms with Crippen molar-refractivity contribution in [3.05, 3.63) is 82.0 Å². The average Bonchev–Trinajstić information content (AvgIpc) is 3.34. The van der Waals surface area contributed by atoms with Crippen LogP contribution in [0.1, 0.15) is 17.7 Å². The molecule has 1 atom stereocenters. The Kier molecular flexibility index (Phi) is 6.42. The second-order valence-electron chi connectivity index (χ2n) is 7.66. The fourth-order valence-corrected chi connectivity index (χ4v) is 5.80. The molecule has 3 aromatic rings. The van der Waals surface area contributed by atoms with Gasteiger partial charge in [-0.1, -0.05) is 47.5 Å². The van der Waals surface area contributed by atoms with Gasteiger partial charge in [-0.2, -0.15) is 0 Å². The number of hydrogen-bond donors (Lipinski definition) is 0. The Morgan fingerprint density at radius 2 is 1.81 bits per heavy atom. The molecule has 1 aliphatic heterocycles. The molecule has 1 aromatic heterocycles. The number of rotatable bonds is 6. The van der Waals surface area contributed by atoms with Crippen molar-refractivity contribution in [3.8, 4) is 11.3 Å². The van der Waals surface area contributed by atoms with Gasteiger partial charge in [-0.25, -0.2) is 8.42 Å². The first kappa shape index (κ1) is 21.9. The third-order valence-electron chi connectivity index (χ3n) is 5.34. The van der Waals surface area contributed by atoms with Crippen LogP contribution in [-0.2, 0) is 27.6 Å². The maximum Gasteiger partial charge on any atom is 0.227 e. The Morgan fingerprint density at radius 3 is 2.48 bits per heavy atom. The summed E-state index contributed by atoms with van der Waals surface area (Å²) in [5, 5.41) is 1.20. The number of carbonyl (C=O) groups is 1. The summed E-state index contributed by atoms with van der Waals surface area (Å²) in [5.74, 6) is 1.14. The van der Waals surface area contributed by atoms with Crippen molar-refractivity contribution in [2.75, 3.05) is 11.5 Å². The molecule has 5 nitrogen and oxygen atoms in total. The molecule has 2 heterocycles. The molecule has 8 heteroatoms. The van der Waals surface area contributed by atoms with E-state index in [1.165, 1.54) is 0 Å². The van der Waals surface area contributed by atoms with Crippen LogP contribution >= 0.6 is 23.2 Å². The van der Waals surface area contributed by atoms with Crippen LogP contribution in [0.4, 0.5) is 0 Å². The van der Waals surface area contributed by atoms with Gasteiger partial charge in [-0.05, 0) is 48.4 Å². The highest BCUT2D eigenvalue weighted by Crippen LogP contribution is 2.27. The number of furan rings is 1. The average molecular weight is 478 g/mol. The first-order valence-electron chi connectivity index (χ1n) is 9.88. The van der Waals surface area contributed by atoms with Crippen LogP contribution in [0.15, 0.2) is 65.1 Å². The van der Waals surface area contributed by atoms with Crippen molar-refractivity contribution in [1.29, 1.82) is 0 Å². The molecule has 31 heavy (non-hydrogen) atoms. The first-order chi connectivity index (χ1) is 14.8. The maximum atomic E-state index is 13.2. The summed E-state index contributed by atoms with van der Waals surface area (Å²) in [6.07, 6.45) is 0.589. The van der Waals surface area contributed by atoms with Crippen LogP contribution in [0.5, 0.6) is 0 Å². The summed E-state index contributed by atoms with van der Waals surface area (Å²) in [4.78, 5) is 14.8. The Balaban J connectivity index is 1.56. The van der Waals surface area contributed by atoms with E-state index in [1.54, 1.807) is 41.3 Å². The van der Waals surface area contributed by atoms with Crippen LogP contribution < -0.4 is 0 Å². The number of carbonyl (C=O) groups excluding carboxylic acids is 1. The number of hydrogen-bond acceptors (Lipinski definition) is 4. The second kappa shape index (κ2) is 9.07. The summed E-state index contributed by atoms with van der Waals surface area (Å²) in [7, 11) is -3.14. The Morgan fingerprint density at radius 1 is 1.03 bits per heavy atom. The van der Waals surface area contributed by atoms with Crippen molar-refractivity contribution in [1.82, 2.24) is 4.90 Å². The largest absolute Gasteiger partial charge is 0.459 e. The van der Waals surface area contributed by atoms with Crippen LogP contribution in [0.3, 0.4) is 0 Å². The highest BCUT2D eigenvalue weighted by Gasteiger charge is 2.35. The lowest BCUT2D eigenvalue weighted by molar-refractivity contribution is -0.133. The lowest BCUT2D eigenvalue weighted by Crippen LogP contribution is -2.41. The highest BCUT2D eigenvalue weighted by molar-refractivity contribution is 7.91. The Bertz CT molecular complexity index is 1190. The van der Waals surface area contributed by atoms with Crippen LogP contribution in [0, 0.1) is 0 Å². The van der Waals surface area contributed by atoms with Gasteiger partial charge in [0.05, 0.1) is 24.5 Å². The van der Waals surface area contributed by atoms with E-state index in [-0.39, 0.29) is 36.4 Å².